The summed E-state index contributed by atoms with van der Waals surface area (Å²) in [5.41, 5.74) is 10.6. The molecule has 1 aliphatic rings. The SMILES string of the molecule is CN1C=CN(c2[c-]c3c4ccccc4n4c5ccccc5c(c2)c34)[CH-]1.Cc1c[c-]c(-c2cc(C)c(C)cn2)cc1.[Ir+3]. The van der Waals surface area contributed by atoms with Crippen molar-refractivity contribution in [1.82, 2.24) is 14.3 Å². The van der Waals surface area contributed by atoms with Crippen LogP contribution in [-0.2, 0) is 20.1 Å². The molecule has 0 saturated carbocycles. The van der Waals surface area contributed by atoms with E-state index >= 15 is 0 Å². The molecule has 0 unspecified atom stereocenters. The van der Waals surface area contributed by atoms with Gasteiger partial charge < -0.3 is 19.2 Å². The second kappa shape index (κ2) is 10.7. The number of aryl methyl sites for hydroxylation is 3. The van der Waals surface area contributed by atoms with E-state index in [0.717, 1.165) is 16.9 Å². The number of rotatable bonds is 2. The Labute approximate surface area is 254 Å². The summed E-state index contributed by atoms with van der Waals surface area (Å²) in [5.74, 6) is 0. The number of anilines is 1. The molecule has 8 rings (SSSR count). The van der Waals surface area contributed by atoms with Crippen molar-refractivity contribution in [3.63, 3.8) is 0 Å². The number of pyridine rings is 1. The molecule has 4 heterocycles. The van der Waals surface area contributed by atoms with Crippen LogP contribution in [0, 0.1) is 39.6 Å². The summed E-state index contributed by atoms with van der Waals surface area (Å²) in [6, 6.07) is 34.7. The molecule has 3 aromatic heterocycles. The first kappa shape index (κ1) is 27.0. The van der Waals surface area contributed by atoms with E-state index < -0.39 is 0 Å². The van der Waals surface area contributed by atoms with Gasteiger partial charge in [0.1, 0.15) is 0 Å². The van der Waals surface area contributed by atoms with Crippen molar-refractivity contribution in [2.75, 3.05) is 11.9 Å². The van der Waals surface area contributed by atoms with Gasteiger partial charge in [-0.05, 0) is 67.6 Å². The summed E-state index contributed by atoms with van der Waals surface area (Å²) in [6.45, 7) is 8.32. The summed E-state index contributed by atoms with van der Waals surface area (Å²) in [7, 11) is 2.04. The average molecular weight is 710 g/mol. The van der Waals surface area contributed by atoms with Gasteiger partial charge in [0.2, 0.25) is 0 Å². The smallest absolute Gasteiger partial charge is 0.510 e. The van der Waals surface area contributed by atoms with E-state index in [1.165, 1.54) is 54.8 Å². The van der Waals surface area contributed by atoms with Gasteiger partial charge in [0, 0.05) is 17.2 Å². The van der Waals surface area contributed by atoms with Crippen LogP contribution in [-0.4, -0.2) is 21.3 Å². The minimum atomic E-state index is 0. The van der Waals surface area contributed by atoms with E-state index in [2.05, 4.69) is 144 Å². The van der Waals surface area contributed by atoms with Crippen LogP contribution in [0.5, 0.6) is 0 Å². The molecule has 0 amide bonds. The van der Waals surface area contributed by atoms with Crippen molar-refractivity contribution >= 4 is 43.8 Å². The van der Waals surface area contributed by atoms with Gasteiger partial charge in [-0.15, -0.1) is 52.9 Å². The Kier molecular flexibility index (Phi) is 7.02. The van der Waals surface area contributed by atoms with Gasteiger partial charge >= 0.3 is 20.1 Å². The van der Waals surface area contributed by atoms with E-state index in [0.29, 0.717) is 0 Å². The zero-order valence-corrected chi connectivity index (χ0v) is 25.8. The van der Waals surface area contributed by atoms with Gasteiger partial charge in [0.25, 0.3) is 0 Å². The van der Waals surface area contributed by atoms with Crippen molar-refractivity contribution in [2.45, 2.75) is 20.8 Å². The normalized spacial score (nSPS) is 12.9. The van der Waals surface area contributed by atoms with E-state index in [1.807, 2.05) is 19.3 Å². The minimum absolute atomic E-state index is 0. The van der Waals surface area contributed by atoms with Gasteiger partial charge in [0.05, 0.1) is 0 Å². The fourth-order valence-corrected chi connectivity index (χ4v) is 5.51. The van der Waals surface area contributed by atoms with Gasteiger partial charge in [-0.25, -0.2) is 0 Å². The second-order valence-electron chi connectivity index (χ2n) is 10.6. The van der Waals surface area contributed by atoms with Crippen LogP contribution in [0.1, 0.15) is 16.7 Å². The first-order valence-electron chi connectivity index (χ1n) is 13.5. The van der Waals surface area contributed by atoms with Crippen molar-refractivity contribution in [1.29, 1.82) is 0 Å². The summed E-state index contributed by atoms with van der Waals surface area (Å²) in [4.78, 5) is 8.59. The van der Waals surface area contributed by atoms with Crippen molar-refractivity contribution in [3.05, 3.63) is 133 Å². The third kappa shape index (κ3) is 4.65. The molecule has 4 nitrogen and oxygen atoms in total. The molecule has 0 aliphatic carbocycles. The van der Waals surface area contributed by atoms with E-state index in [-0.39, 0.29) is 20.1 Å². The van der Waals surface area contributed by atoms with Crippen LogP contribution in [0.2, 0.25) is 0 Å². The number of para-hydroxylation sites is 2. The molecular weight excluding hydrogens is 681 g/mol. The molecule has 41 heavy (non-hydrogen) atoms. The Bertz CT molecular complexity index is 1950. The molecule has 0 radical (unpaired) electrons. The van der Waals surface area contributed by atoms with Crippen LogP contribution >= 0.6 is 0 Å². The van der Waals surface area contributed by atoms with Crippen LogP contribution in [0.3, 0.4) is 0 Å². The monoisotopic (exact) mass is 710 g/mol. The number of fused-ring (bicyclic) bond motifs is 6. The Hall–Kier alpha value is -4.18. The van der Waals surface area contributed by atoms with Gasteiger partial charge in [-0.3, -0.25) is 0 Å². The number of nitrogens with zero attached hydrogens (tertiary/aromatic N) is 4. The fourth-order valence-electron chi connectivity index (χ4n) is 5.51. The summed E-state index contributed by atoms with van der Waals surface area (Å²) in [5, 5.41) is 5.02. The second-order valence-corrected chi connectivity index (χ2v) is 10.6. The van der Waals surface area contributed by atoms with Crippen LogP contribution in [0.25, 0.3) is 49.4 Å². The van der Waals surface area contributed by atoms with E-state index in [4.69, 9.17) is 0 Å². The van der Waals surface area contributed by atoms with E-state index in [9.17, 15) is 0 Å². The van der Waals surface area contributed by atoms with Crippen molar-refractivity contribution in [3.8, 4) is 11.3 Å². The quantitative estimate of drug-likeness (QED) is 0.169. The zero-order chi connectivity index (χ0) is 27.4. The molecule has 5 heteroatoms. The molecular formula is C36H29IrN4. The first-order valence-corrected chi connectivity index (χ1v) is 13.5. The van der Waals surface area contributed by atoms with Crippen molar-refractivity contribution < 1.29 is 20.1 Å². The van der Waals surface area contributed by atoms with Crippen molar-refractivity contribution in [2.24, 2.45) is 0 Å². The van der Waals surface area contributed by atoms with Gasteiger partial charge in [0.15, 0.2) is 0 Å². The molecule has 1 aliphatic heterocycles. The predicted molar refractivity (Wildman–Crippen MR) is 166 cm³/mol. The third-order valence-corrected chi connectivity index (χ3v) is 7.76. The summed E-state index contributed by atoms with van der Waals surface area (Å²) in [6.07, 6.45) is 6.04. The zero-order valence-electron chi connectivity index (χ0n) is 23.4. The van der Waals surface area contributed by atoms with Crippen LogP contribution in [0.4, 0.5) is 5.69 Å². The summed E-state index contributed by atoms with van der Waals surface area (Å²) < 4.78 is 2.38. The molecule has 0 spiro atoms. The third-order valence-electron chi connectivity index (χ3n) is 7.76. The first-order chi connectivity index (χ1) is 19.5. The van der Waals surface area contributed by atoms with Crippen LogP contribution < -0.4 is 4.90 Å². The fraction of sp³-hybridized carbons (Fsp3) is 0.111. The van der Waals surface area contributed by atoms with Gasteiger partial charge in [-0.1, -0.05) is 71.4 Å². The molecule has 202 valence electrons. The molecule has 7 aromatic rings. The molecule has 0 bridgehead atoms. The number of benzene rings is 4. The number of aromatic nitrogens is 2. The maximum Gasteiger partial charge on any atom is 3.00 e. The van der Waals surface area contributed by atoms with Gasteiger partial charge in [-0.2, -0.15) is 6.67 Å². The largest absolute Gasteiger partial charge is 3.00 e. The maximum atomic E-state index is 4.41. The number of hydrogen-bond donors (Lipinski definition) is 0. The number of hydrogen-bond acceptors (Lipinski definition) is 3. The molecule has 0 saturated heterocycles. The Morgan fingerprint density at radius 2 is 1.51 bits per heavy atom. The van der Waals surface area contributed by atoms with Crippen LogP contribution in [0.15, 0.2) is 97.5 Å². The summed E-state index contributed by atoms with van der Waals surface area (Å²) >= 11 is 0. The molecule has 4 aromatic carbocycles. The maximum absolute atomic E-state index is 4.41. The molecule has 0 N–H and O–H groups in total. The Balaban J connectivity index is 0.000000164. The minimum Gasteiger partial charge on any atom is -0.510 e. The Morgan fingerprint density at radius 3 is 2.20 bits per heavy atom. The topological polar surface area (TPSA) is 23.8 Å². The predicted octanol–water partition coefficient (Wildman–Crippen LogP) is 8.45. The Morgan fingerprint density at radius 1 is 0.780 bits per heavy atom. The standard InChI is InChI=1S/C22H15N3.C14H14N.Ir/c1-23-10-11-24(14-23)15-12-18-16-6-2-4-8-20(16)25-21-9-5-3-7-17(21)19(13-15)22(18)25;1-10-4-6-13(7-5-10)14-8-11(2)12(3)9-15-14;/h2-12,14H,1H3;4-6,8-9H,1-3H3;/q-2;-1;+3. The molecule has 0 fully saturated rings. The van der Waals surface area contributed by atoms with E-state index in [1.54, 1.807) is 0 Å². The molecule has 0 atom stereocenters. The average Bonchev–Trinajstić information content (AvgIpc) is 3.66.